The van der Waals surface area contributed by atoms with Gasteiger partial charge in [-0.3, -0.25) is 14.8 Å². The third kappa shape index (κ3) is 5.53. The Morgan fingerprint density at radius 2 is 1.96 bits per heavy atom. The molecule has 1 aliphatic carbocycles. The largest absolute Gasteiger partial charge is 0.366 e. The van der Waals surface area contributed by atoms with Gasteiger partial charge in [-0.05, 0) is 49.5 Å². The van der Waals surface area contributed by atoms with E-state index in [0.717, 1.165) is 50.2 Å². The first-order chi connectivity index (χ1) is 13.2. The molecule has 1 aromatic rings. The van der Waals surface area contributed by atoms with Crippen LogP contribution in [-0.2, 0) is 9.59 Å². The van der Waals surface area contributed by atoms with E-state index in [2.05, 4.69) is 10.3 Å². The molecule has 146 valence electrons. The smallest absolute Gasteiger partial charge is 0.267 e. The summed E-state index contributed by atoms with van der Waals surface area (Å²) >= 11 is 0. The number of hydroxylamine groups is 1. The molecule has 2 amide bonds. The van der Waals surface area contributed by atoms with E-state index in [1.54, 1.807) is 17.8 Å². The summed E-state index contributed by atoms with van der Waals surface area (Å²) in [5, 5.41) is 11.9. The highest BCUT2D eigenvalue weighted by atomic mass is 16.5. The Kier molecular flexibility index (Phi) is 6.81. The molecule has 3 N–H and O–H groups in total. The van der Waals surface area contributed by atoms with Crippen molar-refractivity contribution >= 4 is 23.7 Å². The molecule has 0 spiro atoms. The quantitative estimate of drug-likeness (QED) is 0.420. The van der Waals surface area contributed by atoms with Crippen molar-refractivity contribution in [1.29, 1.82) is 0 Å². The van der Waals surface area contributed by atoms with Gasteiger partial charge in [0.05, 0.1) is 0 Å². The maximum absolute atomic E-state index is 12.8. The van der Waals surface area contributed by atoms with Gasteiger partial charge < -0.3 is 10.2 Å². The van der Waals surface area contributed by atoms with Crippen LogP contribution in [0.5, 0.6) is 0 Å². The molecule has 1 aromatic heterocycles. The van der Waals surface area contributed by atoms with Crippen LogP contribution >= 0.6 is 0 Å². The molecule has 3 rings (SSSR count). The number of piperidine rings is 1. The van der Waals surface area contributed by atoms with Crippen LogP contribution in [0.2, 0.25) is 0 Å². The maximum Gasteiger partial charge on any atom is 0.267 e. The van der Waals surface area contributed by atoms with E-state index >= 15 is 0 Å². The fourth-order valence-electron chi connectivity index (χ4n) is 3.91. The van der Waals surface area contributed by atoms with E-state index in [9.17, 15) is 9.59 Å². The number of nitrogens with one attached hydrogen (secondary N) is 2. The lowest BCUT2D eigenvalue weighted by Crippen LogP contribution is -2.47. The zero-order chi connectivity index (χ0) is 19.1. The van der Waals surface area contributed by atoms with Crippen molar-refractivity contribution in [2.24, 2.45) is 5.92 Å². The van der Waals surface area contributed by atoms with Crippen LogP contribution in [-0.4, -0.2) is 46.0 Å². The molecular weight excluding hydrogens is 344 g/mol. The lowest BCUT2D eigenvalue weighted by molar-refractivity contribution is -0.137. The zero-order valence-electron chi connectivity index (χ0n) is 15.6. The Hall–Kier alpha value is -2.41. The molecule has 0 bridgehead atoms. The third-order valence-electron chi connectivity index (χ3n) is 5.36. The molecule has 1 aliphatic heterocycles. The molecule has 2 aliphatic rings. The van der Waals surface area contributed by atoms with Crippen molar-refractivity contribution < 1.29 is 14.8 Å². The Bertz CT molecular complexity index is 668. The minimum atomic E-state index is -0.581. The average molecular weight is 372 g/mol. The molecule has 7 heteroatoms. The van der Waals surface area contributed by atoms with Gasteiger partial charge in [0.25, 0.3) is 5.91 Å². The van der Waals surface area contributed by atoms with Gasteiger partial charge in [0.2, 0.25) is 5.91 Å². The number of aromatic nitrogens is 1. The SMILES string of the molecule is O=C(/C=C/c1ccc(N[C@@H]2CCCN(C(=O)C3CCCCC3)C2)nc1)NO. The van der Waals surface area contributed by atoms with Gasteiger partial charge in [0, 0.05) is 37.3 Å². The summed E-state index contributed by atoms with van der Waals surface area (Å²) in [7, 11) is 0. The highest BCUT2D eigenvalue weighted by molar-refractivity contribution is 5.90. The fraction of sp³-hybridized carbons (Fsp3) is 0.550. The molecule has 0 unspecified atom stereocenters. The van der Waals surface area contributed by atoms with Crippen LogP contribution < -0.4 is 10.8 Å². The number of nitrogens with zero attached hydrogens (tertiary/aromatic N) is 2. The number of carbonyl (C=O) groups is 2. The number of carbonyl (C=O) groups excluding carboxylic acids is 2. The lowest BCUT2D eigenvalue weighted by atomic mass is 9.87. The van der Waals surface area contributed by atoms with E-state index < -0.39 is 5.91 Å². The summed E-state index contributed by atoms with van der Waals surface area (Å²) < 4.78 is 0. The summed E-state index contributed by atoms with van der Waals surface area (Å²) in [6.07, 6.45) is 12.2. The van der Waals surface area contributed by atoms with Gasteiger partial charge in [-0.1, -0.05) is 19.3 Å². The van der Waals surface area contributed by atoms with E-state index in [1.807, 2.05) is 17.0 Å². The summed E-state index contributed by atoms with van der Waals surface area (Å²) in [4.78, 5) is 30.2. The molecule has 27 heavy (non-hydrogen) atoms. The zero-order valence-corrected chi connectivity index (χ0v) is 15.6. The van der Waals surface area contributed by atoms with Crippen molar-refractivity contribution in [2.75, 3.05) is 18.4 Å². The predicted octanol–water partition coefficient (Wildman–Crippen LogP) is 2.58. The molecular formula is C20H28N4O3. The Balaban J connectivity index is 1.53. The number of pyridine rings is 1. The number of likely N-dealkylation sites (tertiary alicyclic amines) is 1. The van der Waals surface area contributed by atoms with Crippen LogP contribution in [0.15, 0.2) is 24.4 Å². The first-order valence-corrected chi connectivity index (χ1v) is 9.79. The number of hydrogen-bond acceptors (Lipinski definition) is 5. The molecule has 1 atom stereocenters. The lowest BCUT2D eigenvalue weighted by Gasteiger charge is -2.36. The topological polar surface area (TPSA) is 94.6 Å². The standard InChI is InChI=1S/C20H28N4O3/c25-19(23-27)11-9-15-8-10-18(21-13-15)22-17-7-4-12-24(14-17)20(26)16-5-2-1-3-6-16/h8-11,13,16-17,27H,1-7,12,14H2,(H,21,22)(H,23,25)/b11-9+/t17-/m1/s1. The van der Waals surface area contributed by atoms with Crippen LogP contribution in [0, 0.1) is 5.92 Å². The monoisotopic (exact) mass is 372 g/mol. The van der Waals surface area contributed by atoms with Gasteiger partial charge in [-0.25, -0.2) is 10.5 Å². The van der Waals surface area contributed by atoms with E-state index in [4.69, 9.17) is 5.21 Å². The summed E-state index contributed by atoms with van der Waals surface area (Å²) in [6.45, 7) is 1.59. The van der Waals surface area contributed by atoms with E-state index in [0.29, 0.717) is 5.91 Å². The Morgan fingerprint density at radius 3 is 2.67 bits per heavy atom. The van der Waals surface area contributed by atoms with Gasteiger partial charge >= 0.3 is 0 Å². The minimum Gasteiger partial charge on any atom is -0.366 e. The van der Waals surface area contributed by atoms with Crippen molar-refractivity contribution in [3.63, 3.8) is 0 Å². The van der Waals surface area contributed by atoms with Gasteiger partial charge in [0.1, 0.15) is 5.82 Å². The number of hydrogen-bond donors (Lipinski definition) is 3. The number of amides is 2. The predicted molar refractivity (Wildman–Crippen MR) is 103 cm³/mol. The van der Waals surface area contributed by atoms with E-state index in [1.165, 1.54) is 25.3 Å². The summed E-state index contributed by atoms with van der Waals surface area (Å²) in [5.41, 5.74) is 2.31. The number of rotatable bonds is 5. The molecule has 1 saturated heterocycles. The van der Waals surface area contributed by atoms with Gasteiger partial charge in [-0.2, -0.15) is 0 Å². The summed E-state index contributed by atoms with van der Waals surface area (Å²) in [6, 6.07) is 3.92. The Morgan fingerprint density at radius 1 is 1.15 bits per heavy atom. The van der Waals surface area contributed by atoms with Crippen LogP contribution in [0.3, 0.4) is 0 Å². The fourth-order valence-corrected chi connectivity index (χ4v) is 3.91. The highest BCUT2D eigenvalue weighted by Gasteiger charge is 2.29. The number of anilines is 1. The maximum atomic E-state index is 12.8. The first-order valence-electron chi connectivity index (χ1n) is 9.79. The normalized spacial score (nSPS) is 21.2. The van der Waals surface area contributed by atoms with Gasteiger partial charge in [0.15, 0.2) is 0 Å². The first kappa shape index (κ1) is 19.4. The van der Waals surface area contributed by atoms with Gasteiger partial charge in [-0.15, -0.1) is 0 Å². The third-order valence-corrected chi connectivity index (χ3v) is 5.36. The highest BCUT2D eigenvalue weighted by Crippen LogP contribution is 2.27. The molecule has 1 saturated carbocycles. The van der Waals surface area contributed by atoms with E-state index in [-0.39, 0.29) is 12.0 Å². The van der Waals surface area contributed by atoms with Crippen molar-refractivity contribution in [1.82, 2.24) is 15.4 Å². The van der Waals surface area contributed by atoms with Crippen LogP contribution in [0.1, 0.15) is 50.5 Å². The van der Waals surface area contributed by atoms with Crippen LogP contribution in [0.25, 0.3) is 6.08 Å². The average Bonchev–Trinajstić information content (AvgIpc) is 2.73. The second-order valence-corrected chi connectivity index (χ2v) is 7.39. The Labute approximate surface area is 159 Å². The van der Waals surface area contributed by atoms with Crippen molar-refractivity contribution in [3.8, 4) is 0 Å². The molecule has 0 radical (unpaired) electrons. The molecule has 0 aromatic carbocycles. The molecule has 7 nitrogen and oxygen atoms in total. The second kappa shape index (κ2) is 9.50. The van der Waals surface area contributed by atoms with Crippen molar-refractivity contribution in [3.05, 3.63) is 30.0 Å². The van der Waals surface area contributed by atoms with Crippen LogP contribution in [0.4, 0.5) is 5.82 Å². The molecule has 2 heterocycles. The molecule has 2 fully saturated rings. The van der Waals surface area contributed by atoms with Crippen molar-refractivity contribution in [2.45, 2.75) is 51.0 Å². The minimum absolute atomic E-state index is 0.209. The second-order valence-electron chi connectivity index (χ2n) is 7.39. The summed E-state index contributed by atoms with van der Waals surface area (Å²) in [5.74, 6) is 0.729.